The monoisotopic (exact) mass is 244 g/mol. The normalized spacial score (nSPS) is 7.67. The summed E-state index contributed by atoms with van der Waals surface area (Å²) in [7, 11) is 1.26. The average Bonchev–Trinajstić information content (AvgIpc) is 2.12. The van der Waals surface area contributed by atoms with Gasteiger partial charge in [0.15, 0.2) is 23.1 Å². The molecule has 0 heterocycles. The molecule has 0 unspecified atom stereocenters. The van der Waals surface area contributed by atoms with Crippen LogP contribution < -0.4 is 4.74 Å². The molecular weight excluding hydrogens is 237 g/mol. The number of phenols is 1. The van der Waals surface area contributed by atoms with Crippen LogP contribution in [0.5, 0.6) is 11.5 Å². The second kappa shape index (κ2) is 8.76. The zero-order valence-electron chi connectivity index (χ0n) is 7.08. The van der Waals surface area contributed by atoms with E-state index in [9.17, 15) is 8.78 Å². The fourth-order valence-corrected chi connectivity index (χ4v) is 0.682. The van der Waals surface area contributed by atoms with Crippen molar-refractivity contribution >= 4 is 47.0 Å². The van der Waals surface area contributed by atoms with E-state index in [0.29, 0.717) is 6.07 Å². The van der Waals surface area contributed by atoms with Crippen molar-refractivity contribution < 1.29 is 23.4 Å². The third-order valence-electron chi connectivity index (χ3n) is 1.22. The van der Waals surface area contributed by atoms with Gasteiger partial charge in [-0.25, -0.2) is 13.6 Å². The maximum absolute atomic E-state index is 12.4. The van der Waals surface area contributed by atoms with E-state index in [4.69, 9.17) is 9.90 Å². The maximum atomic E-state index is 12.4. The molecule has 0 fully saturated rings. The van der Waals surface area contributed by atoms with Gasteiger partial charge >= 0.3 is 29.6 Å². The topological polar surface area (TPSA) is 46.5 Å². The number of ether oxygens (including phenoxy) is 1. The Kier molecular flexibility index (Phi) is 9.87. The SMILES string of the molecule is COc1cc(F)c(F)cc1O.O=C=S.[NaH]. The molecule has 1 aromatic rings. The van der Waals surface area contributed by atoms with Gasteiger partial charge in [0.25, 0.3) is 0 Å². The Morgan fingerprint density at radius 3 is 2.20 bits per heavy atom. The summed E-state index contributed by atoms with van der Waals surface area (Å²) in [5.41, 5.74) is 0. The van der Waals surface area contributed by atoms with Crippen LogP contribution in [0, 0.1) is 11.6 Å². The van der Waals surface area contributed by atoms with E-state index >= 15 is 0 Å². The van der Waals surface area contributed by atoms with Gasteiger partial charge in [-0.3, -0.25) is 0 Å². The first kappa shape index (κ1) is 16.9. The number of rotatable bonds is 1. The number of benzene rings is 1. The van der Waals surface area contributed by atoms with Crippen LogP contribution in [0.25, 0.3) is 0 Å². The Morgan fingerprint density at radius 1 is 1.40 bits per heavy atom. The first-order valence-corrected chi connectivity index (χ1v) is 3.69. The minimum absolute atomic E-state index is 0. The van der Waals surface area contributed by atoms with Crippen molar-refractivity contribution in [3.8, 4) is 11.5 Å². The molecule has 78 valence electrons. The van der Waals surface area contributed by atoms with E-state index in [1.807, 2.05) is 0 Å². The predicted octanol–water partition coefficient (Wildman–Crippen LogP) is 1.28. The quantitative estimate of drug-likeness (QED) is 0.597. The molecule has 0 radical (unpaired) electrons. The van der Waals surface area contributed by atoms with Crippen LogP contribution in [0.15, 0.2) is 12.1 Å². The third kappa shape index (κ3) is 5.81. The van der Waals surface area contributed by atoms with E-state index in [2.05, 4.69) is 17.0 Å². The van der Waals surface area contributed by atoms with Crippen molar-refractivity contribution in [3.05, 3.63) is 23.8 Å². The number of phenolic OH excluding ortho intramolecular Hbond substituents is 1. The van der Waals surface area contributed by atoms with Crippen LogP contribution in [-0.4, -0.2) is 47.0 Å². The summed E-state index contributed by atoms with van der Waals surface area (Å²) in [6.07, 6.45) is 0. The number of hydrogen-bond acceptors (Lipinski definition) is 4. The zero-order valence-corrected chi connectivity index (χ0v) is 7.90. The van der Waals surface area contributed by atoms with Crippen molar-refractivity contribution in [2.75, 3.05) is 7.11 Å². The molecule has 0 atom stereocenters. The van der Waals surface area contributed by atoms with Gasteiger partial charge in [0.05, 0.1) is 7.11 Å². The molecule has 1 rings (SSSR count). The summed E-state index contributed by atoms with van der Waals surface area (Å²) < 4.78 is 29.2. The molecule has 0 bridgehead atoms. The van der Waals surface area contributed by atoms with E-state index in [1.165, 1.54) is 7.11 Å². The standard InChI is InChI=1S/C7H6F2O2.COS.Na.H/c1-11-7-3-5(9)4(8)2-6(7)10;2-1-3;;/h2-3,10H,1H3;;;. The van der Waals surface area contributed by atoms with Crippen LogP contribution in [0.2, 0.25) is 0 Å². The van der Waals surface area contributed by atoms with Crippen molar-refractivity contribution in [2.45, 2.75) is 0 Å². The summed E-state index contributed by atoms with van der Waals surface area (Å²) in [4.78, 5) is 8.50. The molecule has 0 aliphatic heterocycles. The van der Waals surface area contributed by atoms with Crippen LogP contribution >= 0.6 is 12.2 Å². The van der Waals surface area contributed by atoms with Crippen LogP contribution in [0.1, 0.15) is 0 Å². The molecular formula is C8H7F2NaO3S. The molecule has 7 heteroatoms. The molecule has 1 aromatic carbocycles. The van der Waals surface area contributed by atoms with Gasteiger partial charge in [0.1, 0.15) is 0 Å². The number of methoxy groups -OCH3 is 1. The number of halogens is 2. The first-order valence-electron chi connectivity index (χ1n) is 3.28. The Labute approximate surface area is 112 Å². The van der Waals surface area contributed by atoms with Crippen LogP contribution in [-0.2, 0) is 4.79 Å². The number of hydrogen-bond donors (Lipinski definition) is 1. The van der Waals surface area contributed by atoms with Crippen molar-refractivity contribution in [2.24, 2.45) is 0 Å². The number of carbonyl (C=O) groups excluding carboxylic acids is 1. The molecule has 15 heavy (non-hydrogen) atoms. The van der Waals surface area contributed by atoms with Gasteiger partial charge in [-0.2, -0.15) is 0 Å². The minimum atomic E-state index is -1.09. The molecule has 3 nitrogen and oxygen atoms in total. The fourth-order valence-electron chi connectivity index (χ4n) is 0.682. The molecule has 0 spiro atoms. The summed E-state index contributed by atoms with van der Waals surface area (Å²) in [5, 5.41) is 9.97. The molecule has 0 saturated carbocycles. The average molecular weight is 244 g/mol. The predicted molar refractivity (Wildman–Crippen MR) is 55.0 cm³/mol. The molecule has 0 aliphatic rings. The number of thiocarbonyl (C=S) groups is 1. The van der Waals surface area contributed by atoms with Crippen molar-refractivity contribution in [1.29, 1.82) is 0 Å². The van der Waals surface area contributed by atoms with Gasteiger partial charge in [0.2, 0.25) is 5.23 Å². The Bertz CT molecular complexity index is 354. The Hall–Kier alpha value is -0.520. The van der Waals surface area contributed by atoms with Gasteiger partial charge in [-0.05, 0) is 0 Å². The second-order valence-electron chi connectivity index (χ2n) is 2.02. The third-order valence-corrected chi connectivity index (χ3v) is 1.22. The van der Waals surface area contributed by atoms with Crippen LogP contribution in [0.4, 0.5) is 8.78 Å². The van der Waals surface area contributed by atoms with E-state index in [0.717, 1.165) is 11.3 Å². The van der Waals surface area contributed by atoms with Crippen molar-refractivity contribution in [1.82, 2.24) is 0 Å². The molecule has 0 aromatic heterocycles. The molecule has 0 saturated heterocycles. The molecule has 0 amide bonds. The zero-order chi connectivity index (χ0) is 11.1. The summed E-state index contributed by atoms with van der Waals surface area (Å²) in [6, 6.07) is 1.44. The van der Waals surface area contributed by atoms with E-state index in [-0.39, 0.29) is 35.3 Å². The first-order chi connectivity index (χ1) is 6.56. The summed E-state index contributed by atoms with van der Waals surface area (Å²) >= 11 is 3.59. The van der Waals surface area contributed by atoms with Gasteiger partial charge in [-0.15, -0.1) is 0 Å². The summed E-state index contributed by atoms with van der Waals surface area (Å²) in [5.74, 6) is -2.63. The second-order valence-corrected chi connectivity index (χ2v) is 2.19. The molecule has 1 N–H and O–H groups in total. The van der Waals surface area contributed by atoms with Gasteiger partial charge in [0, 0.05) is 24.4 Å². The van der Waals surface area contributed by atoms with E-state index in [1.54, 1.807) is 0 Å². The fraction of sp³-hybridized carbons (Fsp3) is 0.125. The van der Waals surface area contributed by atoms with Crippen LogP contribution in [0.3, 0.4) is 0 Å². The molecule has 0 aliphatic carbocycles. The summed E-state index contributed by atoms with van der Waals surface area (Å²) in [6.45, 7) is 0. The Morgan fingerprint density at radius 2 is 1.80 bits per heavy atom. The Balaban J connectivity index is 0. The van der Waals surface area contributed by atoms with E-state index < -0.39 is 17.4 Å². The van der Waals surface area contributed by atoms with Gasteiger partial charge < -0.3 is 9.84 Å². The van der Waals surface area contributed by atoms with Gasteiger partial charge in [-0.1, -0.05) is 0 Å². The number of aromatic hydroxyl groups is 1. The van der Waals surface area contributed by atoms with Crippen molar-refractivity contribution in [3.63, 3.8) is 0 Å².